The van der Waals surface area contributed by atoms with Crippen molar-refractivity contribution in [3.63, 3.8) is 0 Å². The number of amides is 1. The summed E-state index contributed by atoms with van der Waals surface area (Å²) >= 11 is 0. The maximum Gasteiger partial charge on any atom is 0.245 e. The minimum atomic E-state index is -3.98. The number of nitrogens with zero attached hydrogens (tertiary/aromatic N) is 1. The van der Waals surface area contributed by atoms with E-state index < -0.39 is 16.1 Å². The molecule has 0 bridgehead atoms. The SMILES string of the molecule is COc1ccc(OC)c(S(=O)(=O)NC2CCN(c3cc(C)cc(C)c3)C2=O)c1. The summed E-state index contributed by atoms with van der Waals surface area (Å²) < 4.78 is 38.6. The van der Waals surface area contributed by atoms with E-state index in [4.69, 9.17) is 9.47 Å². The highest BCUT2D eigenvalue weighted by molar-refractivity contribution is 7.89. The van der Waals surface area contributed by atoms with Gasteiger partial charge in [-0.2, -0.15) is 4.72 Å². The standard InChI is InChI=1S/C20H24N2O5S/c1-13-9-14(2)11-15(10-13)22-8-7-17(20(22)23)21-28(24,25)19-12-16(26-3)5-6-18(19)27-4/h5-6,9-12,17,21H,7-8H2,1-4H3. The number of benzene rings is 2. The van der Waals surface area contributed by atoms with Crippen molar-refractivity contribution < 1.29 is 22.7 Å². The summed E-state index contributed by atoms with van der Waals surface area (Å²) in [5.41, 5.74) is 2.88. The van der Waals surface area contributed by atoms with Crippen LogP contribution in [0.25, 0.3) is 0 Å². The summed E-state index contributed by atoms with van der Waals surface area (Å²) in [5.74, 6) is 0.302. The molecule has 1 aliphatic heterocycles. The number of hydrogen-bond donors (Lipinski definition) is 1. The van der Waals surface area contributed by atoms with Crippen LogP contribution in [0.2, 0.25) is 0 Å². The third kappa shape index (κ3) is 3.98. The number of carbonyl (C=O) groups is 1. The molecule has 1 amide bonds. The van der Waals surface area contributed by atoms with Gasteiger partial charge in [-0.1, -0.05) is 6.07 Å². The number of sulfonamides is 1. The zero-order valence-electron chi connectivity index (χ0n) is 16.4. The molecule has 28 heavy (non-hydrogen) atoms. The number of nitrogens with one attached hydrogen (secondary N) is 1. The summed E-state index contributed by atoms with van der Waals surface area (Å²) in [5, 5.41) is 0. The second-order valence-electron chi connectivity index (χ2n) is 6.82. The molecule has 1 heterocycles. The number of anilines is 1. The van der Waals surface area contributed by atoms with E-state index in [9.17, 15) is 13.2 Å². The first-order valence-corrected chi connectivity index (χ1v) is 10.4. The van der Waals surface area contributed by atoms with Crippen LogP contribution in [-0.2, 0) is 14.8 Å². The maximum absolute atomic E-state index is 12.9. The third-order valence-electron chi connectivity index (χ3n) is 4.68. The Kier molecular flexibility index (Phi) is 5.62. The lowest BCUT2D eigenvalue weighted by molar-refractivity contribution is -0.118. The molecule has 0 radical (unpaired) electrons. The van der Waals surface area contributed by atoms with Crippen LogP contribution in [0.15, 0.2) is 41.3 Å². The van der Waals surface area contributed by atoms with Gasteiger partial charge in [-0.05, 0) is 55.7 Å². The average Bonchev–Trinajstić information content (AvgIpc) is 3.00. The molecule has 1 fully saturated rings. The molecule has 3 rings (SSSR count). The van der Waals surface area contributed by atoms with Crippen LogP contribution in [0.1, 0.15) is 17.5 Å². The number of rotatable bonds is 6. The number of methoxy groups -OCH3 is 2. The first kappa shape index (κ1) is 20.2. The highest BCUT2D eigenvalue weighted by Gasteiger charge is 2.36. The molecule has 2 aromatic rings. The lowest BCUT2D eigenvalue weighted by Gasteiger charge is -2.19. The van der Waals surface area contributed by atoms with Gasteiger partial charge in [0.1, 0.15) is 22.4 Å². The molecule has 7 nitrogen and oxygen atoms in total. The highest BCUT2D eigenvalue weighted by Crippen LogP contribution is 2.30. The van der Waals surface area contributed by atoms with Crippen molar-refractivity contribution in [2.45, 2.75) is 31.2 Å². The van der Waals surface area contributed by atoms with Gasteiger partial charge in [0.05, 0.1) is 14.2 Å². The van der Waals surface area contributed by atoms with E-state index in [1.807, 2.05) is 32.0 Å². The number of hydrogen-bond acceptors (Lipinski definition) is 5. The van der Waals surface area contributed by atoms with Gasteiger partial charge in [-0.15, -0.1) is 0 Å². The minimum Gasteiger partial charge on any atom is -0.497 e. The average molecular weight is 404 g/mol. The van der Waals surface area contributed by atoms with E-state index in [-0.39, 0.29) is 16.6 Å². The van der Waals surface area contributed by atoms with Gasteiger partial charge < -0.3 is 14.4 Å². The molecule has 1 aliphatic rings. The second-order valence-corrected chi connectivity index (χ2v) is 8.50. The van der Waals surface area contributed by atoms with Crippen LogP contribution in [0, 0.1) is 13.8 Å². The molecule has 150 valence electrons. The summed E-state index contributed by atoms with van der Waals surface area (Å²) in [7, 11) is -1.13. The van der Waals surface area contributed by atoms with Crippen molar-refractivity contribution in [3.05, 3.63) is 47.5 Å². The summed E-state index contributed by atoms with van der Waals surface area (Å²) in [4.78, 5) is 14.4. The van der Waals surface area contributed by atoms with Crippen LogP contribution in [-0.4, -0.2) is 41.1 Å². The summed E-state index contributed by atoms with van der Waals surface area (Å²) in [6.07, 6.45) is 0.386. The number of ether oxygens (including phenoxy) is 2. The van der Waals surface area contributed by atoms with Gasteiger partial charge in [0.15, 0.2) is 0 Å². The predicted molar refractivity (Wildman–Crippen MR) is 107 cm³/mol. The minimum absolute atomic E-state index is 0.0630. The Morgan fingerprint density at radius 3 is 2.32 bits per heavy atom. The van der Waals surface area contributed by atoms with Crippen LogP contribution in [0.3, 0.4) is 0 Å². The molecular weight excluding hydrogens is 380 g/mol. The molecule has 1 unspecified atom stereocenters. The van der Waals surface area contributed by atoms with Crippen molar-refractivity contribution in [2.24, 2.45) is 0 Å². The van der Waals surface area contributed by atoms with E-state index in [0.29, 0.717) is 18.7 Å². The fraction of sp³-hybridized carbons (Fsp3) is 0.350. The Morgan fingerprint density at radius 2 is 1.71 bits per heavy atom. The van der Waals surface area contributed by atoms with Crippen molar-refractivity contribution in [1.82, 2.24) is 4.72 Å². The Labute approximate surface area is 165 Å². The first-order valence-electron chi connectivity index (χ1n) is 8.89. The highest BCUT2D eigenvalue weighted by atomic mass is 32.2. The molecule has 0 aromatic heterocycles. The van der Waals surface area contributed by atoms with Crippen LogP contribution in [0.5, 0.6) is 11.5 Å². The molecule has 1 atom stereocenters. The van der Waals surface area contributed by atoms with Crippen LogP contribution in [0.4, 0.5) is 5.69 Å². The predicted octanol–water partition coefficient (Wildman–Crippen LogP) is 2.40. The van der Waals surface area contributed by atoms with Crippen LogP contribution < -0.4 is 19.1 Å². The van der Waals surface area contributed by atoms with Crippen LogP contribution >= 0.6 is 0 Å². The molecule has 0 spiro atoms. The zero-order chi connectivity index (χ0) is 20.5. The lowest BCUT2D eigenvalue weighted by atomic mass is 10.1. The largest absolute Gasteiger partial charge is 0.497 e. The number of aryl methyl sites for hydroxylation is 2. The van der Waals surface area contributed by atoms with Gasteiger partial charge >= 0.3 is 0 Å². The smallest absolute Gasteiger partial charge is 0.245 e. The van der Waals surface area contributed by atoms with Gasteiger partial charge in [0, 0.05) is 18.3 Å². The van der Waals surface area contributed by atoms with E-state index in [1.54, 1.807) is 11.0 Å². The first-order chi connectivity index (χ1) is 13.2. The van der Waals surface area contributed by atoms with Crippen molar-refractivity contribution in [1.29, 1.82) is 0 Å². The topological polar surface area (TPSA) is 84.9 Å². The number of carbonyl (C=O) groups excluding carboxylic acids is 1. The van der Waals surface area contributed by atoms with Crippen molar-refractivity contribution in [3.8, 4) is 11.5 Å². The summed E-state index contributed by atoms with van der Waals surface area (Å²) in [6.45, 7) is 4.38. The van der Waals surface area contributed by atoms with E-state index in [1.165, 1.54) is 26.4 Å². The molecule has 0 saturated carbocycles. The normalized spacial score (nSPS) is 17.1. The molecule has 1 N–H and O–H groups in total. The Bertz CT molecular complexity index is 983. The second kappa shape index (κ2) is 7.81. The fourth-order valence-electron chi connectivity index (χ4n) is 3.40. The van der Waals surface area contributed by atoms with E-state index in [0.717, 1.165) is 16.8 Å². The quantitative estimate of drug-likeness (QED) is 0.799. The summed E-state index contributed by atoms with van der Waals surface area (Å²) in [6, 6.07) is 9.55. The van der Waals surface area contributed by atoms with Gasteiger partial charge in [-0.3, -0.25) is 4.79 Å². The molecule has 8 heteroatoms. The van der Waals surface area contributed by atoms with Crippen molar-refractivity contribution >= 4 is 21.6 Å². The fourth-order valence-corrected chi connectivity index (χ4v) is 4.80. The Hall–Kier alpha value is -2.58. The zero-order valence-corrected chi connectivity index (χ0v) is 17.2. The lowest BCUT2D eigenvalue weighted by Crippen LogP contribution is -2.41. The Morgan fingerprint density at radius 1 is 1.04 bits per heavy atom. The van der Waals surface area contributed by atoms with Crippen molar-refractivity contribution in [2.75, 3.05) is 25.7 Å². The van der Waals surface area contributed by atoms with E-state index >= 15 is 0 Å². The van der Waals surface area contributed by atoms with Gasteiger partial charge in [0.2, 0.25) is 15.9 Å². The molecule has 1 saturated heterocycles. The monoisotopic (exact) mass is 404 g/mol. The molecular formula is C20H24N2O5S. The molecule has 0 aliphatic carbocycles. The van der Waals surface area contributed by atoms with Gasteiger partial charge in [-0.25, -0.2) is 8.42 Å². The maximum atomic E-state index is 12.9. The van der Waals surface area contributed by atoms with Gasteiger partial charge in [0.25, 0.3) is 0 Å². The Balaban J connectivity index is 1.85. The van der Waals surface area contributed by atoms with E-state index in [2.05, 4.69) is 4.72 Å². The third-order valence-corrected chi connectivity index (χ3v) is 6.17. The molecule has 2 aromatic carbocycles.